The molecule has 3 N–H and O–H groups in total. The molecule has 1 aromatic carbocycles. The van der Waals surface area contributed by atoms with Crippen LogP contribution in [0.4, 0.5) is 10.5 Å². The fourth-order valence-corrected chi connectivity index (χ4v) is 4.06. The van der Waals surface area contributed by atoms with Gasteiger partial charge in [0.25, 0.3) is 11.8 Å². The summed E-state index contributed by atoms with van der Waals surface area (Å²) in [7, 11) is 1.45. The highest BCUT2D eigenvalue weighted by Gasteiger charge is 2.52. The first-order chi connectivity index (χ1) is 12.9. The SMILES string of the molecule is COc1c(Cl)cc(NCC(=O)NN2C(=O)NC3(CCCCC3)C2=O)cc1Cl. The first-order valence-corrected chi connectivity index (χ1v) is 9.35. The first-order valence-electron chi connectivity index (χ1n) is 8.59. The summed E-state index contributed by atoms with van der Waals surface area (Å²) in [6.45, 7) is -0.178. The molecule has 1 aliphatic heterocycles. The van der Waals surface area contributed by atoms with E-state index in [4.69, 9.17) is 27.9 Å². The number of ether oxygens (including phenoxy) is 1. The summed E-state index contributed by atoms with van der Waals surface area (Å²) in [5, 5.41) is 6.93. The molecule has 10 heteroatoms. The molecular formula is C17H20Cl2N4O4. The number of hydrogen-bond acceptors (Lipinski definition) is 5. The number of hydrazine groups is 1. The second kappa shape index (κ2) is 7.82. The van der Waals surface area contributed by atoms with Gasteiger partial charge in [-0.3, -0.25) is 15.0 Å². The summed E-state index contributed by atoms with van der Waals surface area (Å²) in [5.74, 6) is -0.615. The van der Waals surface area contributed by atoms with Crippen LogP contribution >= 0.6 is 23.2 Å². The van der Waals surface area contributed by atoms with Crippen molar-refractivity contribution in [3.05, 3.63) is 22.2 Å². The summed E-state index contributed by atoms with van der Waals surface area (Å²) in [4.78, 5) is 36.9. The minimum Gasteiger partial charge on any atom is -0.494 e. The summed E-state index contributed by atoms with van der Waals surface area (Å²) >= 11 is 12.1. The molecule has 1 saturated carbocycles. The molecule has 2 aliphatic rings. The van der Waals surface area contributed by atoms with Gasteiger partial charge < -0.3 is 15.4 Å². The van der Waals surface area contributed by atoms with E-state index in [2.05, 4.69) is 16.1 Å². The van der Waals surface area contributed by atoms with Gasteiger partial charge in [0.2, 0.25) is 0 Å². The molecule has 27 heavy (non-hydrogen) atoms. The fraction of sp³-hybridized carbons (Fsp3) is 0.471. The summed E-state index contributed by atoms with van der Waals surface area (Å²) in [6, 6.07) is 2.51. The van der Waals surface area contributed by atoms with Crippen molar-refractivity contribution in [2.24, 2.45) is 0 Å². The normalized spacial score (nSPS) is 18.4. The van der Waals surface area contributed by atoms with Gasteiger partial charge in [-0.05, 0) is 25.0 Å². The van der Waals surface area contributed by atoms with Crippen molar-refractivity contribution in [2.75, 3.05) is 19.0 Å². The van der Waals surface area contributed by atoms with E-state index in [-0.39, 0.29) is 6.54 Å². The maximum Gasteiger partial charge on any atom is 0.344 e. The van der Waals surface area contributed by atoms with Crippen LogP contribution in [0.25, 0.3) is 0 Å². The van der Waals surface area contributed by atoms with Gasteiger partial charge in [0.05, 0.1) is 23.7 Å². The number of nitrogens with zero attached hydrogens (tertiary/aromatic N) is 1. The number of methoxy groups -OCH3 is 1. The van der Waals surface area contributed by atoms with Crippen molar-refractivity contribution in [3.63, 3.8) is 0 Å². The lowest BCUT2D eigenvalue weighted by Crippen LogP contribution is -2.51. The lowest BCUT2D eigenvalue weighted by atomic mass is 9.82. The van der Waals surface area contributed by atoms with E-state index in [1.807, 2.05) is 0 Å². The highest BCUT2D eigenvalue weighted by Crippen LogP contribution is 2.35. The monoisotopic (exact) mass is 414 g/mol. The van der Waals surface area contributed by atoms with Crippen molar-refractivity contribution in [3.8, 4) is 5.75 Å². The highest BCUT2D eigenvalue weighted by atomic mass is 35.5. The standard InChI is InChI=1S/C17H20Cl2N4O4/c1-27-14-11(18)7-10(8-12(14)19)20-9-13(24)22-23-15(25)17(21-16(23)26)5-3-2-4-6-17/h7-8,20H,2-6,9H2,1H3,(H,21,26)(H,22,24). The largest absolute Gasteiger partial charge is 0.494 e. The molecule has 0 bridgehead atoms. The van der Waals surface area contributed by atoms with Crippen molar-refractivity contribution in [2.45, 2.75) is 37.6 Å². The van der Waals surface area contributed by atoms with Gasteiger partial charge in [-0.25, -0.2) is 4.79 Å². The van der Waals surface area contributed by atoms with E-state index in [1.54, 1.807) is 12.1 Å². The van der Waals surface area contributed by atoms with E-state index in [9.17, 15) is 14.4 Å². The zero-order valence-electron chi connectivity index (χ0n) is 14.7. The van der Waals surface area contributed by atoms with Crippen molar-refractivity contribution in [1.82, 2.24) is 15.8 Å². The number of rotatable bonds is 5. The lowest BCUT2D eigenvalue weighted by Gasteiger charge is -2.30. The average Bonchev–Trinajstić information content (AvgIpc) is 2.84. The van der Waals surface area contributed by atoms with E-state index >= 15 is 0 Å². The number of imide groups is 1. The van der Waals surface area contributed by atoms with Crippen LogP contribution in [-0.4, -0.2) is 42.0 Å². The van der Waals surface area contributed by atoms with Crippen LogP contribution in [0.3, 0.4) is 0 Å². The van der Waals surface area contributed by atoms with Crippen LogP contribution in [-0.2, 0) is 9.59 Å². The lowest BCUT2D eigenvalue weighted by molar-refractivity contribution is -0.139. The third-order valence-electron chi connectivity index (χ3n) is 4.76. The smallest absolute Gasteiger partial charge is 0.344 e. The van der Waals surface area contributed by atoms with Gasteiger partial charge in [0, 0.05) is 5.69 Å². The molecule has 8 nitrogen and oxygen atoms in total. The molecule has 0 radical (unpaired) electrons. The van der Waals surface area contributed by atoms with Crippen LogP contribution in [0.15, 0.2) is 12.1 Å². The number of urea groups is 1. The Morgan fingerprint density at radius 2 is 1.85 bits per heavy atom. The summed E-state index contributed by atoms with van der Waals surface area (Å²) in [6.07, 6.45) is 3.95. The third-order valence-corrected chi connectivity index (χ3v) is 5.32. The van der Waals surface area contributed by atoms with Crippen LogP contribution < -0.4 is 20.8 Å². The molecule has 1 spiro atoms. The number of carbonyl (C=O) groups is 3. The molecule has 1 aromatic rings. The van der Waals surface area contributed by atoms with Crippen molar-refractivity contribution < 1.29 is 19.1 Å². The molecule has 146 valence electrons. The van der Waals surface area contributed by atoms with Crippen LogP contribution in [0.5, 0.6) is 5.75 Å². The van der Waals surface area contributed by atoms with Gasteiger partial charge in [-0.15, -0.1) is 0 Å². The number of carbonyl (C=O) groups excluding carboxylic acids is 3. The Morgan fingerprint density at radius 1 is 1.22 bits per heavy atom. The van der Waals surface area contributed by atoms with Crippen LogP contribution in [0.1, 0.15) is 32.1 Å². The molecule has 0 atom stereocenters. The Bertz CT molecular complexity index is 757. The van der Waals surface area contributed by atoms with E-state index < -0.39 is 23.4 Å². The van der Waals surface area contributed by atoms with Gasteiger partial charge in [0.1, 0.15) is 5.54 Å². The Hall–Kier alpha value is -2.19. The molecule has 0 aromatic heterocycles. The zero-order chi connectivity index (χ0) is 19.6. The predicted octanol–water partition coefficient (Wildman–Crippen LogP) is 2.70. The van der Waals surface area contributed by atoms with E-state index in [0.717, 1.165) is 24.3 Å². The Kier molecular flexibility index (Phi) is 5.67. The maximum atomic E-state index is 12.6. The second-order valence-corrected chi connectivity index (χ2v) is 7.39. The fourth-order valence-electron chi connectivity index (χ4n) is 3.42. The Labute approximate surface area is 166 Å². The van der Waals surface area contributed by atoms with Crippen LogP contribution in [0.2, 0.25) is 10.0 Å². The Morgan fingerprint density at radius 3 is 2.44 bits per heavy atom. The number of amides is 4. The predicted molar refractivity (Wildman–Crippen MR) is 101 cm³/mol. The Balaban J connectivity index is 1.60. The molecule has 2 fully saturated rings. The van der Waals surface area contributed by atoms with Gasteiger partial charge in [0.15, 0.2) is 5.75 Å². The van der Waals surface area contributed by atoms with Crippen LogP contribution in [0, 0.1) is 0 Å². The third kappa shape index (κ3) is 3.91. The molecule has 1 saturated heterocycles. The molecule has 1 heterocycles. The first kappa shape index (κ1) is 19.6. The molecule has 1 aliphatic carbocycles. The molecule has 0 unspecified atom stereocenters. The second-order valence-electron chi connectivity index (χ2n) is 6.58. The quantitative estimate of drug-likeness (QED) is 0.643. The summed E-state index contributed by atoms with van der Waals surface area (Å²) in [5.41, 5.74) is 1.97. The highest BCUT2D eigenvalue weighted by molar-refractivity contribution is 6.37. The topological polar surface area (TPSA) is 99.8 Å². The summed E-state index contributed by atoms with van der Waals surface area (Å²) < 4.78 is 5.06. The molecular weight excluding hydrogens is 395 g/mol. The minimum atomic E-state index is -0.882. The van der Waals surface area contributed by atoms with Gasteiger partial charge in [-0.2, -0.15) is 5.01 Å². The number of anilines is 1. The van der Waals surface area contributed by atoms with Crippen molar-refractivity contribution in [1.29, 1.82) is 0 Å². The number of halogens is 2. The van der Waals surface area contributed by atoms with Gasteiger partial charge in [-0.1, -0.05) is 42.5 Å². The number of hydrogen-bond donors (Lipinski definition) is 3. The van der Waals surface area contributed by atoms with E-state index in [1.165, 1.54) is 7.11 Å². The van der Waals surface area contributed by atoms with Gasteiger partial charge >= 0.3 is 6.03 Å². The number of benzene rings is 1. The average molecular weight is 415 g/mol. The van der Waals surface area contributed by atoms with Crippen molar-refractivity contribution >= 4 is 46.7 Å². The molecule has 4 amide bonds. The zero-order valence-corrected chi connectivity index (χ0v) is 16.2. The van der Waals surface area contributed by atoms with E-state index in [0.29, 0.717) is 34.3 Å². The maximum absolute atomic E-state index is 12.6. The number of nitrogens with one attached hydrogen (secondary N) is 3. The molecule has 3 rings (SSSR count). The minimum absolute atomic E-state index is 0.178.